The van der Waals surface area contributed by atoms with Crippen LogP contribution < -0.4 is 10.5 Å². The summed E-state index contributed by atoms with van der Waals surface area (Å²) >= 11 is 5.65. The summed E-state index contributed by atoms with van der Waals surface area (Å²) in [6.45, 7) is -0.153. The maximum absolute atomic E-state index is 8.84. The summed E-state index contributed by atoms with van der Waals surface area (Å²) in [6, 6.07) is 1.08. The third kappa shape index (κ3) is 2.30. The molecule has 1 aromatic heterocycles. The minimum atomic E-state index is -0.486. The molecular formula is C8H11ClN2O2. The van der Waals surface area contributed by atoms with Crippen molar-refractivity contribution in [1.29, 1.82) is 0 Å². The number of aliphatic hydroxyl groups excluding tert-OH is 1. The molecule has 13 heavy (non-hydrogen) atoms. The van der Waals surface area contributed by atoms with Gasteiger partial charge in [-0.15, -0.1) is 0 Å². The van der Waals surface area contributed by atoms with Crippen LogP contribution in [0.25, 0.3) is 0 Å². The number of ether oxygens (including phenoxy) is 1. The first-order valence-corrected chi connectivity index (χ1v) is 4.12. The van der Waals surface area contributed by atoms with Gasteiger partial charge in [0.05, 0.1) is 19.8 Å². The number of hydrogen-bond donors (Lipinski definition) is 2. The second-order valence-corrected chi connectivity index (χ2v) is 2.93. The van der Waals surface area contributed by atoms with Crippen molar-refractivity contribution in [2.75, 3.05) is 13.7 Å². The van der Waals surface area contributed by atoms with Crippen LogP contribution in [0.3, 0.4) is 0 Å². The highest BCUT2D eigenvalue weighted by Gasteiger charge is 2.11. The molecule has 0 aromatic carbocycles. The molecule has 0 spiro atoms. The molecular weight excluding hydrogens is 192 g/mol. The molecule has 5 heteroatoms. The second-order valence-electron chi connectivity index (χ2n) is 2.54. The van der Waals surface area contributed by atoms with E-state index in [2.05, 4.69) is 4.98 Å². The fourth-order valence-corrected chi connectivity index (χ4v) is 1.13. The molecule has 0 radical (unpaired) electrons. The van der Waals surface area contributed by atoms with Crippen molar-refractivity contribution < 1.29 is 9.84 Å². The molecule has 1 rings (SSSR count). The van der Waals surface area contributed by atoms with Gasteiger partial charge in [0, 0.05) is 17.8 Å². The summed E-state index contributed by atoms with van der Waals surface area (Å²) in [5, 5.41) is 9.17. The number of methoxy groups -OCH3 is 1. The SMILES string of the molecule is COc1cc(Cl)ncc1[C@@H](N)CO. The molecule has 1 aromatic rings. The summed E-state index contributed by atoms with van der Waals surface area (Å²) in [5.74, 6) is 0.543. The summed E-state index contributed by atoms with van der Waals surface area (Å²) in [4.78, 5) is 3.85. The number of halogens is 1. The first-order valence-electron chi connectivity index (χ1n) is 3.75. The van der Waals surface area contributed by atoms with Gasteiger partial charge >= 0.3 is 0 Å². The molecule has 1 atom stereocenters. The zero-order chi connectivity index (χ0) is 9.84. The normalized spacial score (nSPS) is 12.6. The third-order valence-corrected chi connectivity index (χ3v) is 1.88. The van der Waals surface area contributed by atoms with Crippen LogP contribution >= 0.6 is 11.6 Å². The van der Waals surface area contributed by atoms with Crippen LogP contribution in [-0.4, -0.2) is 23.8 Å². The number of nitrogens with two attached hydrogens (primary N) is 1. The lowest BCUT2D eigenvalue weighted by Crippen LogP contribution is -2.15. The standard InChI is InChI=1S/C8H11ClN2O2/c1-13-7-2-8(9)11-3-5(7)6(10)4-12/h2-3,6,12H,4,10H2,1H3/t6-/m0/s1. The molecule has 4 nitrogen and oxygen atoms in total. The van der Waals surface area contributed by atoms with Crippen molar-refractivity contribution in [3.8, 4) is 5.75 Å². The monoisotopic (exact) mass is 202 g/mol. The van der Waals surface area contributed by atoms with E-state index in [4.69, 9.17) is 27.2 Å². The fourth-order valence-electron chi connectivity index (χ4n) is 0.977. The van der Waals surface area contributed by atoms with Crippen molar-refractivity contribution in [1.82, 2.24) is 4.98 Å². The molecule has 0 aliphatic heterocycles. The Labute approximate surface area is 81.3 Å². The van der Waals surface area contributed by atoms with Crippen LogP contribution in [0.1, 0.15) is 11.6 Å². The molecule has 0 aliphatic rings. The van der Waals surface area contributed by atoms with E-state index in [1.165, 1.54) is 13.3 Å². The Morgan fingerprint density at radius 2 is 2.46 bits per heavy atom. The largest absolute Gasteiger partial charge is 0.496 e. The van der Waals surface area contributed by atoms with Gasteiger partial charge in [0.15, 0.2) is 0 Å². The van der Waals surface area contributed by atoms with Gasteiger partial charge in [-0.3, -0.25) is 0 Å². The molecule has 0 saturated heterocycles. The zero-order valence-corrected chi connectivity index (χ0v) is 7.95. The van der Waals surface area contributed by atoms with Gasteiger partial charge in [-0.2, -0.15) is 0 Å². The predicted molar refractivity (Wildman–Crippen MR) is 49.8 cm³/mol. The fraction of sp³-hybridized carbons (Fsp3) is 0.375. The number of nitrogens with zero attached hydrogens (tertiary/aromatic N) is 1. The number of hydrogen-bond acceptors (Lipinski definition) is 4. The van der Waals surface area contributed by atoms with Gasteiger partial charge in [0.2, 0.25) is 0 Å². The van der Waals surface area contributed by atoms with E-state index in [1.807, 2.05) is 0 Å². The Morgan fingerprint density at radius 1 is 1.77 bits per heavy atom. The van der Waals surface area contributed by atoms with Crippen LogP contribution in [0.2, 0.25) is 5.15 Å². The van der Waals surface area contributed by atoms with E-state index in [0.717, 1.165) is 0 Å². The van der Waals surface area contributed by atoms with E-state index in [0.29, 0.717) is 16.5 Å². The lowest BCUT2D eigenvalue weighted by Gasteiger charge is -2.12. The second kappa shape index (κ2) is 4.41. The summed E-state index contributed by atoms with van der Waals surface area (Å²) in [5.41, 5.74) is 6.26. The Kier molecular flexibility index (Phi) is 3.48. The molecule has 0 saturated carbocycles. The predicted octanol–water partition coefficient (Wildman–Crippen LogP) is 0.736. The average molecular weight is 203 g/mol. The van der Waals surface area contributed by atoms with Crippen LogP contribution in [0.15, 0.2) is 12.3 Å². The lowest BCUT2D eigenvalue weighted by atomic mass is 10.1. The molecule has 0 fully saturated rings. The van der Waals surface area contributed by atoms with Crippen molar-refractivity contribution in [2.24, 2.45) is 5.73 Å². The van der Waals surface area contributed by atoms with Crippen LogP contribution in [-0.2, 0) is 0 Å². The van der Waals surface area contributed by atoms with Gasteiger partial charge in [0.1, 0.15) is 10.9 Å². The Morgan fingerprint density at radius 3 is 3.00 bits per heavy atom. The van der Waals surface area contributed by atoms with Crippen molar-refractivity contribution in [3.63, 3.8) is 0 Å². The first kappa shape index (κ1) is 10.2. The maximum atomic E-state index is 8.84. The molecule has 0 aliphatic carbocycles. The van der Waals surface area contributed by atoms with Gasteiger partial charge < -0.3 is 15.6 Å². The summed E-state index contributed by atoms with van der Waals surface area (Å²) < 4.78 is 5.03. The molecule has 1 heterocycles. The number of aliphatic hydroxyl groups is 1. The topological polar surface area (TPSA) is 68.4 Å². The van der Waals surface area contributed by atoms with Crippen molar-refractivity contribution >= 4 is 11.6 Å². The average Bonchev–Trinajstić information content (AvgIpc) is 2.16. The van der Waals surface area contributed by atoms with E-state index in [1.54, 1.807) is 6.07 Å². The molecule has 0 amide bonds. The van der Waals surface area contributed by atoms with Gasteiger partial charge in [-0.1, -0.05) is 11.6 Å². The van der Waals surface area contributed by atoms with Crippen molar-refractivity contribution in [2.45, 2.75) is 6.04 Å². The van der Waals surface area contributed by atoms with Crippen LogP contribution in [0, 0.1) is 0 Å². The number of pyridine rings is 1. The highest BCUT2D eigenvalue weighted by atomic mass is 35.5. The highest BCUT2D eigenvalue weighted by molar-refractivity contribution is 6.29. The molecule has 3 N–H and O–H groups in total. The van der Waals surface area contributed by atoms with Gasteiger partial charge in [0.25, 0.3) is 0 Å². The zero-order valence-electron chi connectivity index (χ0n) is 7.20. The molecule has 0 bridgehead atoms. The Bertz CT molecular complexity index is 293. The highest BCUT2D eigenvalue weighted by Crippen LogP contribution is 2.24. The van der Waals surface area contributed by atoms with Crippen molar-refractivity contribution in [3.05, 3.63) is 23.0 Å². The third-order valence-electron chi connectivity index (χ3n) is 1.68. The van der Waals surface area contributed by atoms with Crippen LogP contribution in [0.4, 0.5) is 0 Å². The van der Waals surface area contributed by atoms with Crippen LogP contribution in [0.5, 0.6) is 5.75 Å². The van der Waals surface area contributed by atoms with E-state index in [-0.39, 0.29) is 6.61 Å². The maximum Gasteiger partial charge on any atom is 0.132 e. The first-order chi connectivity index (χ1) is 6.19. The smallest absolute Gasteiger partial charge is 0.132 e. The quantitative estimate of drug-likeness (QED) is 0.710. The summed E-state index contributed by atoms with van der Waals surface area (Å²) in [7, 11) is 1.51. The Balaban J connectivity index is 3.05. The minimum absolute atomic E-state index is 0.153. The molecule has 72 valence electrons. The van der Waals surface area contributed by atoms with E-state index in [9.17, 15) is 0 Å². The van der Waals surface area contributed by atoms with E-state index >= 15 is 0 Å². The number of aromatic nitrogens is 1. The summed E-state index contributed by atoms with van der Waals surface area (Å²) in [6.07, 6.45) is 1.50. The van der Waals surface area contributed by atoms with Gasteiger partial charge in [-0.25, -0.2) is 4.98 Å². The number of rotatable bonds is 3. The van der Waals surface area contributed by atoms with Gasteiger partial charge in [-0.05, 0) is 0 Å². The van der Waals surface area contributed by atoms with E-state index < -0.39 is 6.04 Å². The Hall–Kier alpha value is -0.840. The minimum Gasteiger partial charge on any atom is -0.496 e. The lowest BCUT2D eigenvalue weighted by molar-refractivity contribution is 0.264. The molecule has 0 unspecified atom stereocenters.